The monoisotopic (exact) mass is 653 g/mol. The minimum absolute atomic E-state index is 1.08. The molecule has 0 unspecified atom stereocenters. The number of allylic oxidation sites excluding steroid dienone is 4. The maximum absolute atomic E-state index is 2.34. The van der Waals surface area contributed by atoms with Crippen molar-refractivity contribution >= 4 is 52.0 Å². The van der Waals surface area contributed by atoms with Crippen LogP contribution >= 0.6 is 0 Å². The Morgan fingerprint density at radius 2 is 0.784 bits per heavy atom. The summed E-state index contributed by atoms with van der Waals surface area (Å²) in [5, 5.41) is 2.38. The molecule has 0 saturated heterocycles. The standard InChI is InChI=1S/C50H39N/c1-5-19-40(20-6-1)23-13-14-25-42-33-36-46(37-34-42)51(39-49(43-26-9-3-10-27-43)44-28-11-4-12-29-44)50-38-35-45(47-31-17-18-32-48(47)50)30-16-15-24-41-21-7-2-8-22-41/h1-39H/b23-13-,24-15+,25-14+,30-16-. The third kappa shape index (κ3) is 8.48. The van der Waals surface area contributed by atoms with E-state index < -0.39 is 0 Å². The zero-order valence-electron chi connectivity index (χ0n) is 28.5. The number of rotatable bonds is 11. The van der Waals surface area contributed by atoms with Gasteiger partial charge in [0.15, 0.2) is 0 Å². The lowest BCUT2D eigenvalue weighted by Crippen LogP contribution is -2.11. The van der Waals surface area contributed by atoms with E-state index in [0.29, 0.717) is 0 Å². The lowest BCUT2D eigenvalue weighted by atomic mass is 9.97. The van der Waals surface area contributed by atoms with Crippen molar-refractivity contribution in [1.29, 1.82) is 0 Å². The van der Waals surface area contributed by atoms with E-state index in [0.717, 1.165) is 33.6 Å². The van der Waals surface area contributed by atoms with Crippen LogP contribution in [-0.4, -0.2) is 0 Å². The molecule has 0 N–H and O–H groups in total. The molecule has 0 aliphatic carbocycles. The summed E-state index contributed by atoms with van der Waals surface area (Å²) >= 11 is 0. The lowest BCUT2D eigenvalue weighted by molar-refractivity contribution is 1.29. The minimum atomic E-state index is 1.08. The Bertz CT molecular complexity index is 2270. The Kier molecular flexibility index (Phi) is 10.7. The topological polar surface area (TPSA) is 3.24 Å². The highest BCUT2D eigenvalue weighted by atomic mass is 15.1. The second kappa shape index (κ2) is 16.6. The van der Waals surface area contributed by atoms with E-state index in [1.54, 1.807) is 0 Å². The minimum Gasteiger partial charge on any atom is -0.316 e. The van der Waals surface area contributed by atoms with E-state index in [-0.39, 0.29) is 0 Å². The molecule has 1 heteroatoms. The molecule has 0 amide bonds. The van der Waals surface area contributed by atoms with Crippen LogP contribution in [0.15, 0.2) is 212 Å². The van der Waals surface area contributed by atoms with Gasteiger partial charge in [0.05, 0.1) is 5.69 Å². The predicted octanol–water partition coefficient (Wildman–Crippen LogP) is 13.5. The summed E-state index contributed by atoms with van der Waals surface area (Å²) in [6.45, 7) is 0. The van der Waals surface area contributed by atoms with Gasteiger partial charge < -0.3 is 4.90 Å². The predicted molar refractivity (Wildman–Crippen MR) is 222 cm³/mol. The Morgan fingerprint density at radius 3 is 1.31 bits per heavy atom. The molecule has 244 valence electrons. The molecule has 0 heterocycles. The molecule has 0 atom stereocenters. The maximum atomic E-state index is 2.34. The van der Waals surface area contributed by atoms with E-state index in [1.165, 1.54) is 27.5 Å². The zero-order valence-corrected chi connectivity index (χ0v) is 28.5. The van der Waals surface area contributed by atoms with E-state index >= 15 is 0 Å². The molecule has 51 heavy (non-hydrogen) atoms. The molecule has 1 nitrogen and oxygen atoms in total. The van der Waals surface area contributed by atoms with Gasteiger partial charge in [-0.15, -0.1) is 0 Å². The average Bonchev–Trinajstić information content (AvgIpc) is 3.20. The van der Waals surface area contributed by atoms with E-state index in [4.69, 9.17) is 0 Å². The molecule has 0 fully saturated rings. The highest BCUT2D eigenvalue weighted by molar-refractivity contribution is 6.02. The van der Waals surface area contributed by atoms with Gasteiger partial charge in [-0.1, -0.05) is 212 Å². The van der Waals surface area contributed by atoms with Crippen LogP contribution in [0.25, 0.3) is 40.6 Å². The number of hydrogen-bond donors (Lipinski definition) is 0. The Morgan fingerprint density at radius 1 is 0.353 bits per heavy atom. The van der Waals surface area contributed by atoms with E-state index in [1.807, 2.05) is 12.1 Å². The molecule has 0 aliphatic rings. The van der Waals surface area contributed by atoms with Gasteiger partial charge in [0.2, 0.25) is 0 Å². The van der Waals surface area contributed by atoms with Crippen LogP contribution in [-0.2, 0) is 0 Å². The highest BCUT2D eigenvalue weighted by Gasteiger charge is 2.15. The van der Waals surface area contributed by atoms with Crippen molar-refractivity contribution in [3.05, 3.63) is 246 Å². The first-order chi connectivity index (χ1) is 25.3. The quantitative estimate of drug-likeness (QED) is 0.126. The molecular formula is C50H39N. The normalized spacial score (nSPS) is 11.6. The van der Waals surface area contributed by atoms with Crippen LogP contribution in [0.2, 0.25) is 0 Å². The second-order valence-corrected chi connectivity index (χ2v) is 12.2. The summed E-state index contributed by atoms with van der Waals surface area (Å²) in [6, 6.07) is 64.0. The van der Waals surface area contributed by atoms with Crippen molar-refractivity contribution < 1.29 is 0 Å². The number of anilines is 2. The van der Waals surface area contributed by atoms with Crippen molar-refractivity contribution in [2.45, 2.75) is 0 Å². The molecule has 0 saturated carbocycles. The summed E-state index contributed by atoms with van der Waals surface area (Å²) in [5.74, 6) is 0. The Labute approximate surface area is 301 Å². The summed E-state index contributed by atoms with van der Waals surface area (Å²) < 4.78 is 0. The molecule has 7 rings (SSSR count). The van der Waals surface area contributed by atoms with Crippen molar-refractivity contribution in [2.75, 3.05) is 4.90 Å². The van der Waals surface area contributed by atoms with Gasteiger partial charge in [0.25, 0.3) is 0 Å². The summed E-state index contributed by atoms with van der Waals surface area (Å²) in [4.78, 5) is 2.34. The van der Waals surface area contributed by atoms with Crippen molar-refractivity contribution in [2.24, 2.45) is 0 Å². The average molecular weight is 654 g/mol. The Hall–Kier alpha value is -6.70. The van der Waals surface area contributed by atoms with Crippen molar-refractivity contribution in [3.63, 3.8) is 0 Å². The molecule has 7 aromatic carbocycles. The van der Waals surface area contributed by atoms with E-state index in [2.05, 4.69) is 230 Å². The number of fused-ring (bicyclic) bond motifs is 1. The summed E-state index contributed by atoms with van der Waals surface area (Å²) in [7, 11) is 0. The SMILES string of the molecule is C(=C(c1ccccc1)c1ccccc1)N(c1ccc(/C=C/C=C\c2ccccc2)cc1)c1ccc(/C=C\C=C\c2ccccc2)c2ccccc12. The molecule has 0 aromatic heterocycles. The fraction of sp³-hybridized carbons (Fsp3) is 0. The third-order valence-electron chi connectivity index (χ3n) is 8.76. The van der Waals surface area contributed by atoms with Crippen molar-refractivity contribution in [3.8, 4) is 0 Å². The van der Waals surface area contributed by atoms with Crippen LogP contribution in [0, 0.1) is 0 Å². The van der Waals surface area contributed by atoms with Crippen LogP contribution < -0.4 is 4.90 Å². The van der Waals surface area contributed by atoms with Gasteiger partial charge in [-0.05, 0) is 57.0 Å². The highest BCUT2D eigenvalue weighted by Crippen LogP contribution is 2.37. The molecule has 0 radical (unpaired) electrons. The fourth-order valence-electron chi connectivity index (χ4n) is 6.16. The molecule has 7 aromatic rings. The van der Waals surface area contributed by atoms with Gasteiger partial charge in [0, 0.05) is 22.8 Å². The maximum Gasteiger partial charge on any atom is 0.0534 e. The largest absolute Gasteiger partial charge is 0.316 e. The van der Waals surface area contributed by atoms with Gasteiger partial charge in [-0.2, -0.15) is 0 Å². The molecule has 0 spiro atoms. The van der Waals surface area contributed by atoms with Gasteiger partial charge >= 0.3 is 0 Å². The third-order valence-corrected chi connectivity index (χ3v) is 8.76. The molecule has 0 bridgehead atoms. The first kappa shape index (κ1) is 32.8. The van der Waals surface area contributed by atoms with Crippen LogP contribution in [0.3, 0.4) is 0 Å². The van der Waals surface area contributed by atoms with Gasteiger partial charge in [0.1, 0.15) is 0 Å². The number of hydrogen-bond acceptors (Lipinski definition) is 1. The van der Waals surface area contributed by atoms with Gasteiger partial charge in [-0.25, -0.2) is 0 Å². The van der Waals surface area contributed by atoms with Crippen LogP contribution in [0.4, 0.5) is 11.4 Å². The van der Waals surface area contributed by atoms with E-state index in [9.17, 15) is 0 Å². The molecular weight excluding hydrogens is 615 g/mol. The fourth-order valence-corrected chi connectivity index (χ4v) is 6.16. The van der Waals surface area contributed by atoms with Crippen LogP contribution in [0.5, 0.6) is 0 Å². The van der Waals surface area contributed by atoms with Gasteiger partial charge in [-0.3, -0.25) is 0 Å². The lowest BCUT2D eigenvalue weighted by Gasteiger charge is -2.25. The van der Waals surface area contributed by atoms with Crippen LogP contribution in [0.1, 0.15) is 33.4 Å². The molecule has 0 aliphatic heterocycles. The summed E-state index contributed by atoms with van der Waals surface area (Å²) in [6.07, 6.45) is 19.3. The smallest absolute Gasteiger partial charge is 0.0534 e. The van der Waals surface area contributed by atoms with Crippen molar-refractivity contribution in [1.82, 2.24) is 0 Å². The summed E-state index contributed by atoms with van der Waals surface area (Å²) in [5.41, 5.74) is 10.3. The Balaban J connectivity index is 1.29. The zero-order chi connectivity index (χ0) is 34.5. The first-order valence-corrected chi connectivity index (χ1v) is 17.4. The number of benzene rings is 7. The second-order valence-electron chi connectivity index (χ2n) is 12.2. The first-order valence-electron chi connectivity index (χ1n) is 17.4. The number of nitrogens with zero attached hydrogens (tertiary/aromatic N) is 1.